The predicted octanol–water partition coefficient (Wildman–Crippen LogP) is 5.44. The summed E-state index contributed by atoms with van der Waals surface area (Å²) in [6, 6.07) is 19.0. The number of hydrogen-bond donors (Lipinski definition) is 1. The summed E-state index contributed by atoms with van der Waals surface area (Å²) in [5.41, 5.74) is 1.90. The van der Waals surface area contributed by atoms with Gasteiger partial charge in [0.1, 0.15) is 12.6 Å². The Labute approximate surface area is 234 Å². The maximum Gasteiger partial charge on any atom is 0.264 e. The summed E-state index contributed by atoms with van der Waals surface area (Å²) in [5, 5.41) is 3.45. The van der Waals surface area contributed by atoms with Crippen LogP contribution in [0.4, 0.5) is 5.69 Å². The van der Waals surface area contributed by atoms with Gasteiger partial charge in [0.15, 0.2) is 0 Å². The molecule has 0 saturated carbocycles. The van der Waals surface area contributed by atoms with Gasteiger partial charge in [-0.3, -0.25) is 13.9 Å². The highest BCUT2D eigenvalue weighted by atomic mass is 35.5. The molecule has 0 saturated heterocycles. The van der Waals surface area contributed by atoms with Crippen molar-refractivity contribution in [2.45, 2.75) is 44.7 Å². The van der Waals surface area contributed by atoms with Crippen LogP contribution in [-0.2, 0) is 26.2 Å². The summed E-state index contributed by atoms with van der Waals surface area (Å²) in [6.45, 7) is 5.38. The van der Waals surface area contributed by atoms with E-state index in [9.17, 15) is 18.0 Å². The summed E-state index contributed by atoms with van der Waals surface area (Å²) in [4.78, 5) is 28.3. The molecule has 1 atom stereocenters. The van der Waals surface area contributed by atoms with E-state index in [1.165, 1.54) is 17.0 Å². The molecule has 202 valence electrons. The van der Waals surface area contributed by atoms with Crippen molar-refractivity contribution in [3.63, 3.8) is 0 Å². The molecule has 0 aromatic heterocycles. The minimum Gasteiger partial charge on any atom is -0.355 e. The Hall–Kier alpha value is -3.07. The van der Waals surface area contributed by atoms with Crippen molar-refractivity contribution >= 4 is 50.7 Å². The fraction of sp³-hybridized carbons (Fsp3) is 0.286. The van der Waals surface area contributed by atoms with Crippen molar-refractivity contribution in [2.24, 2.45) is 0 Å². The second kappa shape index (κ2) is 13.1. The second-order valence-electron chi connectivity index (χ2n) is 8.75. The number of amides is 2. The lowest BCUT2D eigenvalue weighted by Gasteiger charge is -2.33. The van der Waals surface area contributed by atoms with E-state index in [1.54, 1.807) is 74.5 Å². The van der Waals surface area contributed by atoms with Crippen LogP contribution in [-0.4, -0.2) is 44.3 Å². The van der Waals surface area contributed by atoms with Crippen molar-refractivity contribution < 1.29 is 18.0 Å². The van der Waals surface area contributed by atoms with Gasteiger partial charge in [-0.1, -0.05) is 72.1 Å². The first-order valence-corrected chi connectivity index (χ1v) is 14.4. The third-order valence-electron chi connectivity index (χ3n) is 6.01. The number of nitrogens with zero attached hydrogens (tertiary/aromatic N) is 2. The standard InChI is InChI=1S/C28H31Cl2N3O4S/c1-4-26(28(35)31-5-2)32(18-21-13-16-24(29)25(30)17-21)27(34)19-33(22-9-7-6-8-10-22)38(36,37)23-14-11-20(3)12-15-23/h6-17,26H,4-5,18-19H2,1-3H3,(H,31,35)/t26-/m0/s1. The van der Waals surface area contributed by atoms with E-state index < -0.39 is 28.5 Å². The molecule has 0 unspecified atom stereocenters. The van der Waals surface area contributed by atoms with Gasteiger partial charge in [-0.2, -0.15) is 0 Å². The van der Waals surface area contributed by atoms with Gasteiger partial charge in [0.25, 0.3) is 10.0 Å². The number of rotatable bonds is 11. The molecule has 0 bridgehead atoms. The zero-order valence-electron chi connectivity index (χ0n) is 21.5. The van der Waals surface area contributed by atoms with Crippen LogP contribution in [0.5, 0.6) is 0 Å². The zero-order chi connectivity index (χ0) is 27.9. The first kappa shape index (κ1) is 29.5. The van der Waals surface area contributed by atoms with Crippen LogP contribution >= 0.6 is 23.2 Å². The van der Waals surface area contributed by atoms with E-state index in [0.29, 0.717) is 34.3 Å². The Morgan fingerprint density at radius 3 is 2.16 bits per heavy atom. The number of nitrogens with one attached hydrogen (secondary N) is 1. The molecule has 0 aliphatic carbocycles. The minimum atomic E-state index is -4.10. The number of hydrogen-bond acceptors (Lipinski definition) is 4. The molecule has 38 heavy (non-hydrogen) atoms. The fourth-order valence-corrected chi connectivity index (χ4v) is 5.74. The van der Waals surface area contributed by atoms with Crippen LogP contribution in [0.15, 0.2) is 77.7 Å². The molecule has 0 aliphatic rings. The number of halogens is 2. The number of carbonyl (C=O) groups is 2. The van der Waals surface area contributed by atoms with Crippen LogP contribution in [0.25, 0.3) is 0 Å². The van der Waals surface area contributed by atoms with Crippen molar-refractivity contribution in [3.05, 3.63) is 94.0 Å². The Morgan fingerprint density at radius 1 is 0.921 bits per heavy atom. The van der Waals surface area contributed by atoms with Crippen LogP contribution in [0.2, 0.25) is 10.0 Å². The smallest absolute Gasteiger partial charge is 0.264 e. The van der Waals surface area contributed by atoms with Gasteiger partial charge in [0.2, 0.25) is 11.8 Å². The Balaban J connectivity index is 2.04. The number of sulfonamides is 1. The highest BCUT2D eigenvalue weighted by molar-refractivity contribution is 7.92. The molecule has 0 radical (unpaired) electrons. The number of aryl methyl sites for hydroxylation is 1. The fourth-order valence-electron chi connectivity index (χ4n) is 4.01. The lowest BCUT2D eigenvalue weighted by molar-refractivity contribution is -0.140. The molecule has 10 heteroatoms. The van der Waals surface area contributed by atoms with Crippen LogP contribution < -0.4 is 9.62 Å². The molecule has 3 rings (SSSR count). The first-order chi connectivity index (χ1) is 18.1. The maximum absolute atomic E-state index is 13.9. The molecule has 1 N–H and O–H groups in total. The summed E-state index contributed by atoms with van der Waals surface area (Å²) >= 11 is 12.3. The monoisotopic (exact) mass is 575 g/mol. The lowest BCUT2D eigenvalue weighted by Crippen LogP contribution is -2.52. The molecule has 3 aromatic rings. The highest BCUT2D eigenvalue weighted by Gasteiger charge is 2.33. The van der Waals surface area contributed by atoms with Gasteiger partial charge in [0.05, 0.1) is 20.6 Å². The Morgan fingerprint density at radius 2 is 1.58 bits per heavy atom. The van der Waals surface area contributed by atoms with Gasteiger partial charge in [-0.05, 0) is 62.2 Å². The maximum atomic E-state index is 13.9. The number of benzene rings is 3. The molecule has 0 fully saturated rings. The van der Waals surface area contributed by atoms with Crippen molar-refractivity contribution in [1.29, 1.82) is 0 Å². The lowest BCUT2D eigenvalue weighted by atomic mass is 10.1. The van der Waals surface area contributed by atoms with Crippen LogP contribution in [0.3, 0.4) is 0 Å². The molecular weight excluding hydrogens is 545 g/mol. The Bertz CT molecular complexity index is 1370. The second-order valence-corrected chi connectivity index (χ2v) is 11.4. The van der Waals surface area contributed by atoms with Gasteiger partial charge in [0, 0.05) is 13.1 Å². The molecule has 0 spiro atoms. The summed E-state index contributed by atoms with van der Waals surface area (Å²) in [5.74, 6) is -0.857. The topological polar surface area (TPSA) is 86.8 Å². The van der Waals surface area contributed by atoms with E-state index >= 15 is 0 Å². The largest absolute Gasteiger partial charge is 0.355 e. The van der Waals surface area contributed by atoms with Gasteiger partial charge >= 0.3 is 0 Å². The normalized spacial score (nSPS) is 12.0. The first-order valence-electron chi connectivity index (χ1n) is 12.2. The third-order valence-corrected chi connectivity index (χ3v) is 8.53. The molecule has 7 nitrogen and oxygen atoms in total. The van der Waals surface area contributed by atoms with Crippen LogP contribution in [0, 0.1) is 6.92 Å². The molecular formula is C28H31Cl2N3O4S. The molecule has 0 heterocycles. The minimum absolute atomic E-state index is 0.0403. The summed E-state index contributed by atoms with van der Waals surface area (Å²) in [6.07, 6.45) is 0.328. The molecule has 0 aliphatic heterocycles. The van der Waals surface area contributed by atoms with E-state index in [0.717, 1.165) is 9.87 Å². The van der Waals surface area contributed by atoms with Gasteiger partial charge in [-0.15, -0.1) is 0 Å². The van der Waals surface area contributed by atoms with Gasteiger partial charge in [-0.25, -0.2) is 8.42 Å². The quantitative estimate of drug-likeness (QED) is 0.330. The third kappa shape index (κ3) is 7.07. The predicted molar refractivity (Wildman–Crippen MR) is 152 cm³/mol. The average molecular weight is 577 g/mol. The van der Waals surface area contributed by atoms with E-state index in [1.807, 2.05) is 6.92 Å². The number of anilines is 1. The SMILES string of the molecule is CCNC(=O)[C@H](CC)N(Cc1ccc(Cl)c(Cl)c1)C(=O)CN(c1ccccc1)S(=O)(=O)c1ccc(C)cc1. The van der Waals surface area contributed by atoms with Gasteiger partial charge < -0.3 is 10.2 Å². The molecule has 2 amide bonds. The molecule has 3 aromatic carbocycles. The van der Waals surface area contributed by atoms with E-state index in [2.05, 4.69) is 5.32 Å². The van der Waals surface area contributed by atoms with E-state index in [-0.39, 0.29) is 17.3 Å². The average Bonchev–Trinajstić information content (AvgIpc) is 2.90. The van der Waals surface area contributed by atoms with Crippen LogP contribution in [0.1, 0.15) is 31.4 Å². The summed E-state index contributed by atoms with van der Waals surface area (Å²) in [7, 11) is -4.10. The van der Waals surface area contributed by atoms with Crippen molar-refractivity contribution in [1.82, 2.24) is 10.2 Å². The van der Waals surface area contributed by atoms with E-state index in [4.69, 9.17) is 23.2 Å². The van der Waals surface area contributed by atoms with Crippen molar-refractivity contribution in [2.75, 3.05) is 17.4 Å². The number of likely N-dealkylation sites (N-methyl/N-ethyl adjacent to an activating group) is 1. The zero-order valence-corrected chi connectivity index (χ0v) is 23.9. The Kier molecular flexibility index (Phi) is 10.2. The van der Waals surface area contributed by atoms with Crippen molar-refractivity contribution in [3.8, 4) is 0 Å². The number of para-hydroxylation sites is 1. The number of carbonyl (C=O) groups excluding carboxylic acids is 2. The highest BCUT2D eigenvalue weighted by Crippen LogP contribution is 2.26. The summed E-state index contributed by atoms with van der Waals surface area (Å²) < 4.78 is 28.6.